The number of nitrogens with zero attached hydrogens (tertiary/aromatic N) is 1. The Labute approximate surface area is 78.9 Å². The third-order valence-corrected chi connectivity index (χ3v) is 2.34. The maximum atomic E-state index is 11.5. The highest BCUT2D eigenvalue weighted by Crippen LogP contribution is 2.15. The smallest absolute Gasteiger partial charge is 0.237 e. The molecule has 13 heavy (non-hydrogen) atoms. The first kappa shape index (κ1) is 10.5. The fraction of sp³-hybridized carbons (Fsp3) is 0.889. The first-order valence-electron chi connectivity index (χ1n) is 4.59. The van der Waals surface area contributed by atoms with Crippen molar-refractivity contribution in [2.24, 2.45) is 0 Å². The fourth-order valence-electron chi connectivity index (χ4n) is 1.86. The zero-order valence-electron chi connectivity index (χ0n) is 8.50. The van der Waals surface area contributed by atoms with Crippen LogP contribution in [0, 0.1) is 0 Å². The average Bonchev–Trinajstić information content (AvgIpc) is 1.94. The quantitative estimate of drug-likeness (QED) is 0.615. The summed E-state index contributed by atoms with van der Waals surface area (Å²) < 4.78 is 0. The molecule has 0 bridgehead atoms. The molecule has 4 nitrogen and oxygen atoms in total. The van der Waals surface area contributed by atoms with Crippen molar-refractivity contribution < 1.29 is 9.90 Å². The largest absolute Gasteiger partial charge is 0.396 e. The number of amides is 1. The SMILES string of the molecule is CN1CC(C)(C)NC(=O)C1CCO. The third kappa shape index (κ3) is 2.42. The monoisotopic (exact) mass is 186 g/mol. The molecule has 2 N–H and O–H groups in total. The molecular formula is C9H18N2O2. The van der Waals surface area contributed by atoms with E-state index in [1.54, 1.807) is 0 Å². The second-order valence-corrected chi connectivity index (χ2v) is 4.32. The van der Waals surface area contributed by atoms with E-state index in [9.17, 15) is 4.79 Å². The first-order chi connectivity index (χ1) is 5.96. The van der Waals surface area contributed by atoms with Gasteiger partial charge in [-0.05, 0) is 27.3 Å². The van der Waals surface area contributed by atoms with Crippen molar-refractivity contribution in [1.29, 1.82) is 0 Å². The first-order valence-corrected chi connectivity index (χ1v) is 4.59. The van der Waals surface area contributed by atoms with Crippen molar-refractivity contribution in [2.45, 2.75) is 31.8 Å². The van der Waals surface area contributed by atoms with Gasteiger partial charge in [0.05, 0.1) is 6.04 Å². The third-order valence-electron chi connectivity index (χ3n) is 2.34. The van der Waals surface area contributed by atoms with E-state index >= 15 is 0 Å². The summed E-state index contributed by atoms with van der Waals surface area (Å²) >= 11 is 0. The lowest BCUT2D eigenvalue weighted by Gasteiger charge is -2.41. The molecule has 4 heteroatoms. The van der Waals surface area contributed by atoms with Gasteiger partial charge < -0.3 is 10.4 Å². The second-order valence-electron chi connectivity index (χ2n) is 4.32. The summed E-state index contributed by atoms with van der Waals surface area (Å²) in [7, 11) is 1.92. The lowest BCUT2D eigenvalue weighted by molar-refractivity contribution is -0.132. The summed E-state index contributed by atoms with van der Waals surface area (Å²) in [6.07, 6.45) is 0.512. The number of carbonyl (C=O) groups excluding carboxylic acids is 1. The van der Waals surface area contributed by atoms with Crippen LogP contribution >= 0.6 is 0 Å². The van der Waals surface area contributed by atoms with E-state index in [0.717, 1.165) is 6.54 Å². The van der Waals surface area contributed by atoms with Crippen LogP contribution in [0.4, 0.5) is 0 Å². The summed E-state index contributed by atoms with van der Waals surface area (Å²) in [6, 6.07) is -0.168. The van der Waals surface area contributed by atoms with Gasteiger partial charge in [0.1, 0.15) is 0 Å². The van der Waals surface area contributed by atoms with Crippen LogP contribution in [-0.2, 0) is 4.79 Å². The van der Waals surface area contributed by atoms with Crippen LogP contribution in [-0.4, -0.2) is 47.7 Å². The van der Waals surface area contributed by atoms with Crippen molar-refractivity contribution in [3.05, 3.63) is 0 Å². The predicted octanol–water partition coefficient (Wildman–Crippen LogP) is -0.422. The topological polar surface area (TPSA) is 52.6 Å². The number of carbonyl (C=O) groups is 1. The number of likely N-dealkylation sites (N-methyl/N-ethyl adjacent to an activating group) is 1. The van der Waals surface area contributed by atoms with Crippen molar-refractivity contribution in [2.75, 3.05) is 20.2 Å². The Kier molecular flexibility index (Phi) is 2.93. The highest BCUT2D eigenvalue weighted by atomic mass is 16.3. The molecule has 1 heterocycles. The van der Waals surface area contributed by atoms with Gasteiger partial charge in [-0.2, -0.15) is 0 Å². The lowest BCUT2D eigenvalue weighted by Crippen LogP contribution is -2.63. The molecule has 0 spiro atoms. The molecule has 1 atom stereocenters. The molecule has 0 aromatic rings. The van der Waals surface area contributed by atoms with Gasteiger partial charge >= 0.3 is 0 Å². The van der Waals surface area contributed by atoms with E-state index < -0.39 is 0 Å². The normalized spacial score (nSPS) is 28.6. The Bertz CT molecular complexity index is 204. The molecule has 0 saturated carbocycles. The summed E-state index contributed by atoms with van der Waals surface area (Å²) in [5.74, 6) is 0.0211. The Hall–Kier alpha value is -0.610. The van der Waals surface area contributed by atoms with Gasteiger partial charge in [0.15, 0.2) is 0 Å². The van der Waals surface area contributed by atoms with Gasteiger partial charge in [0.2, 0.25) is 5.91 Å². The summed E-state index contributed by atoms with van der Waals surface area (Å²) in [5, 5.41) is 11.7. The van der Waals surface area contributed by atoms with Gasteiger partial charge in [-0.15, -0.1) is 0 Å². The maximum Gasteiger partial charge on any atom is 0.237 e. The fourth-order valence-corrected chi connectivity index (χ4v) is 1.86. The van der Waals surface area contributed by atoms with Crippen LogP contribution in [0.3, 0.4) is 0 Å². The Morgan fingerprint density at radius 1 is 1.69 bits per heavy atom. The lowest BCUT2D eigenvalue weighted by atomic mass is 9.97. The Morgan fingerprint density at radius 3 is 2.77 bits per heavy atom. The summed E-state index contributed by atoms with van der Waals surface area (Å²) in [5.41, 5.74) is -0.155. The number of aliphatic hydroxyl groups excluding tert-OH is 1. The minimum absolute atomic E-state index is 0.0211. The van der Waals surface area contributed by atoms with Crippen molar-refractivity contribution >= 4 is 5.91 Å². The van der Waals surface area contributed by atoms with E-state index in [1.165, 1.54) is 0 Å². The van der Waals surface area contributed by atoms with Gasteiger partial charge in [-0.1, -0.05) is 0 Å². The highest BCUT2D eigenvalue weighted by molar-refractivity contribution is 5.83. The van der Waals surface area contributed by atoms with Crippen LogP contribution < -0.4 is 5.32 Å². The summed E-state index contributed by atoms with van der Waals surface area (Å²) in [4.78, 5) is 13.5. The van der Waals surface area contributed by atoms with Crippen LogP contribution in [0.2, 0.25) is 0 Å². The molecule has 0 aliphatic carbocycles. The van der Waals surface area contributed by atoms with Gasteiger partial charge in [0, 0.05) is 18.7 Å². The highest BCUT2D eigenvalue weighted by Gasteiger charge is 2.35. The number of hydrogen-bond donors (Lipinski definition) is 2. The van der Waals surface area contributed by atoms with Crippen molar-refractivity contribution in [3.63, 3.8) is 0 Å². The van der Waals surface area contributed by atoms with Crippen LogP contribution in [0.5, 0.6) is 0 Å². The molecule has 1 fully saturated rings. The van der Waals surface area contributed by atoms with E-state index in [1.807, 2.05) is 25.8 Å². The molecule has 1 saturated heterocycles. The van der Waals surface area contributed by atoms with E-state index in [4.69, 9.17) is 5.11 Å². The predicted molar refractivity (Wildman–Crippen MR) is 50.3 cm³/mol. The zero-order chi connectivity index (χ0) is 10.1. The molecule has 1 aliphatic rings. The molecule has 0 radical (unpaired) electrons. The molecule has 76 valence electrons. The Morgan fingerprint density at radius 2 is 2.31 bits per heavy atom. The number of nitrogens with one attached hydrogen (secondary N) is 1. The van der Waals surface area contributed by atoms with Crippen molar-refractivity contribution in [3.8, 4) is 0 Å². The maximum absolute atomic E-state index is 11.5. The average molecular weight is 186 g/mol. The molecule has 1 rings (SSSR count). The van der Waals surface area contributed by atoms with Crippen LogP contribution in [0.15, 0.2) is 0 Å². The molecule has 0 aromatic heterocycles. The molecule has 1 aliphatic heterocycles. The molecule has 1 unspecified atom stereocenters. The van der Waals surface area contributed by atoms with Gasteiger partial charge in [-0.25, -0.2) is 0 Å². The van der Waals surface area contributed by atoms with Crippen LogP contribution in [0.25, 0.3) is 0 Å². The molecule has 1 amide bonds. The zero-order valence-corrected chi connectivity index (χ0v) is 8.50. The number of piperazine rings is 1. The Balaban J connectivity index is 2.65. The minimum Gasteiger partial charge on any atom is -0.396 e. The molecule has 0 aromatic carbocycles. The van der Waals surface area contributed by atoms with Gasteiger partial charge in [-0.3, -0.25) is 9.69 Å². The summed E-state index contributed by atoms with van der Waals surface area (Å²) in [6.45, 7) is 4.87. The standard InChI is InChI=1S/C9H18N2O2/c1-9(2)6-11(3)7(4-5-12)8(13)10-9/h7,12H,4-6H2,1-3H3,(H,10,13). The number of rotatable bonds is 2. The van der Waals surface area contributed by atoms with E-state index in [2.05, 4.69) is 5.32 Å². The van der Waals surface area contributed by atoms with Crippen LogP contribution in [0.1, 0.15) is 20.3 Å². The van der Waals surface area contributed by atoms with E-state index in [0.29, 0.717) is 6.42 Å². The number of aliphatic hydroxyl groups is 1. The second kappa shape index (κ2) is 3.64. The molecular weight excluding hydrogens is 168 g/mol. The minimum atomic E-state index is -0.168. The number of hydrogen-bond acceptors (Lipinski definition) is 3. The van der Waals surface area contributed by atoms with Gasteiger partial charge in [0.25, 0.3) is 0 Å². The van der Waals surface area contributed by atoms with Crippen molar-refractivity contribution in [1.82, 2.24) is 10.2 Å². The van der Waals surface area contributed by atoms with E-state index in [-0.39, 0.29) is 24.1 Å².